The number of ether oxygens (including phenoxy) is 1. The van der Waals surface area contributed by atoms with E-state index in [0.29, 0.717) is 0 Å². The van der Waals surface area contributed by atoms with Gasteiger partial charge in [-0.3, -0.25) is 4.79 Å². The SMILES string of the molecule is CCCCCCCCCCCCCCC/C=C\OC(C)=O. The van der Waals surface area contributed by atoms with Crippen molar-refractivity contribution in [3.05, 3.63) is 12.3 Å². The van der Waals surface area contributed by atoms with Gasteiger partial charge in [0.05, 0.1) is 6.26 Å². The van der Waals surface area contributed by atoms with Gasteiger partial charge in [0.25, 0.3) is 0 Å². The average molecular weight is 296 g/mol. The second kappa shape index (κ2) is 17.3. The van der Waals surface area contributed by atoms with E-state index in [9.17, 15) is 4.79 Å². The molecule has 0 N–H and O–H groups in total. The summed E-state index contributed by atoms with van der Waals surface area (Å²) in [7, 11) is 0. The zero-order valence-electron chi connectivity index (χ0n) is 14.4. The second-order valence-corrected chi connectivity index (χ2v) is 6.01. The van der Waals surface area contributed by atoms with Gasteiger partial charge >= 0.3 is 5.97 Å². The van der Waals surface area contributed by atoms with E-state index in [1.165, 1.54) is 96.7 Å². The number of carbonyl (C=O) groups excluding carboxylic acids is 1. The maximum Gasteiger partial charge on any atom is 0.307 e. The van der Waals surface area contributed by atoms with Gasteiger partial charge in [-0.15, -0.1) is 0 Å². The van der Waals surface area contributed by atoms with Crippen LogP contribution in [0, 0.1) is 0 Å². The molecule has 2 heteroatoms. The van der Waals surface area contributed by atoms with E-state index in [-0.39, 0.29) is 5.97 Å². The van der Waals surface area contributed by atoms with Crippen LogP contribution in [0.15, 0.2) is 12.3 Å². The minimum Gasteiger partial charge on any atom is -0.435 e. The highest BCUT2D eigenvalue weighted by molar-refractivity contribution is 5.66. The lowest BCUT2D eigenvalue weighted by atomic mass is 10.0. The lowest BCUT2D eigenvalue weighted by molar-refractivity contribution is -0.135. The Morgan fingerprint density at radius 2 is 1.19 bits per heavy atom. The molecule has 124 valence electrons. The monoisotopic (exact) mass is 296 g/mol. The summed E-state index contributed by atoms with van der Waals surface area (Å²) in [6.07, 6.45) is 22.5. The molecule has 0 fully saturated rings. The highest BCUT2D eigenvalue weighted by Crippen LogP contribution is 2.12. The molecule has 0 amide bonds. The molecule has 0 atom stereocenters. The van der Waals surface area contributed by atoms with Crippen molar-refractivity contribution in [3.8, 4) is 0 Å². The Morgan fingerprint density at radius 1 is 0.762 bits per heavy atom. The third-order valence-corrected chi connectivity index (χ3v) is 3.80. The molecule has 0 spiro atoms. The summed E-state index contributed by atoms with van der Waals surface area (Å²) < 4.78 is 4.74. The van der Waals surface area contributed by atoms with Gasteiger partial charge in [0.15, 0.2) is 0 Å². The molecule has 2 nitrogen and oxygen atoms in total. The number of hydrogen-bond acceptors (Lipinski definition) is 2. The molecular formula is C19H36O2. The van der Waals surface area contributed by atoms with E-state index in [1.54, 1.807) is 0 Å². The highest BCUT2D eigenvalue weighted by Gasteiger charge is 1.93. The van der Waals surface area contributed by atoms with Gasteiger partial charge in [0.1, 0.15) is 0 Å². The van der Waals surface area contributed by atoms with Crippen LogP contribution in [0.25, 0.3) is 0 Å². The van der Waals surface area contributed by atoms with Gasteiger partial charge in [-0.1, -0.05) is 84.0 Å². The van der Waals surface area contributed by atoms with E-state index in [4.69, 9.17) is 4.74 Å². The molecule has 0 heterocycles. The van der Waals surface area contributed by atoms with Gasteiger partial charge in [0.2, 0.25) is 0 Å². The molecule has 0 aliphatic rings. The normalized spacial score (nSPS) is 11.1. The van der Waals surface area contributed by atoms with E-state index < -0.39 is 0 Å². The van der Waals surface area contributed by atoms with Crippen molar-refractivity contribution >= 4 is 5.97 Å². The Morgan fingerprint density at radius 3 is 1.62 bits per heavy atom. The summed E-state index contributed by atoms with van der Waals surface area (Å²) in [5.41, 5.74) is 0. The van der Waals surface area contributed by atoms with Crippen molar-refractivity contribution in [1.82, 2.24) is 0 Å². The van der Waals surface area contributed by atoms with Crippen molar-refractivity contribution in [2.45, 2.75) is 104 Å². The lowest BCUT2D eigenvalue weighted by Gasteiger charge is -2.02. The molecule has 0 radical (unpaired) electrons. The molecule has 0 saturated heterocycles. The number of carbonyl (C=O) groups is 1. The third-order valence-electron chi connectivity index (χ3n) is 3.80. The zero-order valence-corrected chi connectivity index (χ0v) is 14.4. The minimum absolute atomic E-state index is 0.239. The average Bonchev–Trinajstić information content (AvgIpc) is 2.46. The summed E-state index contributed by atoms with van der Waals surface area (Å²) in [5.74, 6) is -0.239. The Hall–Kier alpha value is -0.790. The maximum atomic E-state index is 10.5. The lowest BCUT2D eigenvalue weighted by Crippen LogP contribution is -1.89. The Bertz CT molecular complexity index is 246. The quantitative estimate of drug-likeness (QED) is 0.195. The Kier molecular flexibility index (Phi) is 16.6. The molecule has 0 rings (SSSR count). The first-order valence-corrected chi connectivity index (χ1v) is 9.09. The molecule has 0 aliphatic heterocycles. The van der Waals surface area contributed by atoms with Crippen LogP contribution in [-0.2, 0) is 9.53 Å². The van der Waals surface area contributed by atoms with Crippen LogP contribution in [0.5, 0.6) is 0 Å². The van der Waals surface area contributed by atoms with Crippen molar-refractivity contribution in [1.29, 1.82) is 0 Å². The van der Waals surface area contributed by atoms with E-state index in [0.717, 1.165) is 6.42 Å². The molecule has 0 aliphatic carbocycles. The van der Waals surface area contributed by atoms with E-state index in [2.05, 4.69) is 6.92 Å². The second-order valence-electron chi connectivity index (χ2n) is 6.01. The van der Waals surface area contributed by atoms with Gasteiger partial charge < -0.3 is 4.74 Å². The fraction of sp³-hybridized carbons (Fsp3) is 0.842. The van der Waals surface area contributed by atoms with Gasteiger partial charge in [-0.2, -0.15) is 0 Å². The molecular weight excluding hydrogens is 260 g/mol. The number of allylic oxidation sites excluding steroid dienone is 1. The van der Waals surface area contributed by atoms with Crippen LogP contribution in [0.1, 0.15) is 104 Å². The predicted octanol–water partition coefficient (Wildman–Crippen LogP) is 6.54. The van der Waals surface area contributed by atoms with Crippen LogP contribution in [0.4, 0.5) is 0 Å². The van der Waals surface area contributed by atoms with Crippen LogP contribution in [0.2, 0.25) is 0 Å². The Labute approximate surface area is 132 Å². The first-order valence-electron chi connectivity index (χ1n) is 9.09. The number of hydrogen-bond donors (Lipinski definition) is 0. The molecule has 0 aromatic heterocycles. The molecule has 0 aromatic carbocycles. The minimum atomic E-state index is -0.239. The summed E-state index contributed by atoms with van der Waals surface area (Å²) in [4.78, 5) is 10.5. The molecule has 0 aromatic rings. The highest BCUT2D eigenvalue weighted by atomic mass is 16.5. The van der Waals surface area contributed by atoms with Crippen LogP contribution < -0.4 is 0 Å². The summed E-state index contributed by atoms with van der Waals surface area (Å²) in [5, 5.41) is 0. The zero-order chi connectivity index (χ0) is 15.6. The van der Waals surface area contributed by atoms with Crippen LogP contribution >= 0.6 is 0 Å². The molecule has 0 saturated carbocycles. The smallest absolute Gasteiger partial charge is 0.307 e. The summed E-state index contributed by atoms with van der Waals surface area (Å²) in [6.45, 7) is 3.70. The van der Waals surface area contributed by atoms with Gasteiger partial charge in [-0.25, -0.2) is 0 Å². The van der Waals surface area contributed by atoms with Crippen molar-refractivity contribution < 1.29 is 9.53 Å². The number of unbranched alkanes of at least 4 members (excludes halogenated alkanes) is 13. The first-order chi connectivity index (χ1) is 10.3. The maximum absolute atomic E-state index is 10.5. The molecule has 21 heavy (non-hydrogen) atoms. The third kappa shape index (κ3) is 19.2. The number of esters is 1. The van der Waals surface area contributed by atoms with E-state index >= 15 is 0 Å². The van der Waals surface area contributed by atoms with Crippen molar-refractivity contribution in [3.63, 3.8) is 0 Å². The van der Waals surface area contributed by atoms with E-state index in [1.807, 2.05) is 6.08 Å². The first kappa shape index (κ1) is 20.2. The topological polar surface area (TPSA) is 26.3 Å². The predicted molar refractivity (Wildman–Crippen MR) is 91.2 cm³/mol. The van der Waals surface area contributed by atoms with Crippen molar-refractivity contribution in [2.75, 3.05) is 0 Å². The largest absolute Gasteiger partial charge is 0.435 e. The molecule has 0 unspecified atom stereocenters. The summed E-state index contributed by atoms with van der Waals surface area (Å²) >= 11 is 0. The van der Waals surface area contributed by atoms with Crippen LogP contribution in [-0.4, -0.2) is 5.97 Å². The fourth-order valence-corrected chi connectivity index (χ4v) is 2.49. The van der Waals surface area contributed by atoms with Crippen LogP contribution in [0.3, 0.4) is 0 Å². The standard InChI is InChI=1S/C19H36O2/c1-3-4-5-6-7-8-9-10-11-12-13-14-15-16-17-18-21-19(2)20/h17-18H,3-16H2,1-2H3/b18-17-. The van der Waals surface area contributed by atoms with Gasteiger partial charge in [-0.05, 0) is 18.9 Å². The van der Waals surface area contributed by atoms with Crippen molar-refractivity contribution in [2.24, 2.45) is 0 Å². The summed E-state index contributed by atoms with van der Waals surface area (Å²) in [6, 6.07) is 0. The Balaban J connectivity index is 3.02. The van der Waals surface area contributed by atoms with Gasteiger partial charge in [0, 0.05) is 6.92 Å². The number of rotatable bonds is 15. The fourth-order valence-electron chi connectivity index (χ4n) is 2.49. The molecule has 0 bridgehead atoms.